The fourth-order valence-electron chi connectivity index (χ4n) is 3.33. The van der Waals surface area contributed by atoms with E-state index in [-0.39, 0.29) is 11.7 Å². The van der Waals surface area contributed by atoms with Crippen LogP contribution in [0.25, 0.3) is 17.1 Å². The molecule has 8 heteroatoms. The molecule has 1 amide bonds. The molecule has 0 atom stereocenters. The van der Waals surface area contributed by atoms with Gasteiger partial charge in [0.1, 0.15) is 0 Å². The van der Waals surface area contributed by atoms with E-state index < -0.39 is 0 Å². The van der Waals surface area contributed by atoms with Gasteiger partial charge < -0.3 is 4.90 Å². The molecule has 1 aromatic carbocycles. The lowest BCUT2D eigenvalue weighted by molar-refractivity contribution is -0.127. The first-order chi connectivity index (χ1) is 15.1. The average molecular weight is 435 g/mol. The molecule has 3 rings (SSSR count). The van der Waals surface area contributed by atoms with Crippen LogP contribution in [0.4, 0.5) is 0 Å². The first-order valence-electron chi connectivity index (χ1n) is 10.3. The number of nitriles is 1. The van der Waals surface area contributed by atoms with Crippen LogP contribution >= 0.6 is 11.8 Å². The molecule has 0 aliphatic rings. The van der Waals surface area contributed by atoms with E-state index in [2.05, 4.69) is 57.9 Å². The molecule has 160 valence electrons. The van der Waals surface area contributed by atoms with Gasteiger partial charge in [0.2, 0.25) is 5.91 Å². The van der Waals surface area contributed by atoms with E-state index in [1.807, 2.05) is 12.1 Å². The number of pyridine rings is 1. The van der Waals surface area contributed by atoms with Crippen molar-refractivity contribution in [3.05, 3.63) is 53.9 Å². The number of nitrogens with zero attached hydrogens (tertiary/aromatic N) is 6. The number of aryl methyl sites for hydroxylation is 2. The van der Waals surface area contributed by atoms with Gasteiger partial charge in [0.05, 0.1) is 23.9 Å². The molecule has 0 fully saturated rings. The highest BCUT2D eigenvalue weighted by Gasteiger charge is 2.21. The largest absolute Gasteiger partial charge is 0.344 e. The standard InChI is InChI=1S/C23H26N6OS/c1-4-17-9-6-10-18(5-2)21(17)29-22(19-11-7-13-25-15-19)26-27-23(29)31-16-20(30)28(3)14-8-12-24/h6-7,9-11,13,15H,4-5,8,14,16H2,1-3H3. The Morgan fingerprint density at radius 1 is 1.16 bits per heavy atom. The Kier molecular flexibility index (Phi) is 7.79. The zero-order chi connectivity index (χ0) is 22.2. The smallest absolute Gasteiger partial charge is 0.232 e. The predicted molar refractivity (Wildman–Crippen MR) is 122 cm³/mol. The molecule has 2 heterocycles. The van der Waals surface area contributed by atoms with E-state index in [0.717, 1.165) is 24.1 Å². The molecule has 0 saturated carbocycles. The summed E-state index contributed by atoms with van der Waals surface area (Å²) in [4.78, 5) is 18.3. The summed E-state index contributed by atoms with van der Waals surface area (Å²) in [5.41, 5.74) is 4.34. The molecule has 0 unspecified atom stereocenters. The second kappa shape index (κ2) is 10.7. The number of carbonyl (C=O) groups is 1. The normalized spacial score (nSPS) is 10.6. The minimum absolute atomic E-state index is 0.0442. The van der Waals surface area contributed by atoms with Crippen molar-refractivity contribution in [2.75, 3.05) is 19.3 Å². The van der Waals surface area contributed by atoms with Gasteiger partial charge in [-0.2, -0.15) is 5.26 Å². The van der Waals surface area contributed by atoms with Gasteiger partial charge in [-0.05, 0) is 36.1 Å². The van der Waals surface area contributed by atoms with Gasteiger partial charge in [0, 0.05) is 31.5 Å². The SMILES string of the molecule is CCc1cccc(CC)c1-n1c(SCC(=O)N(C)CCC#N)nnc1-c1cccnc1. The lowest BCUT2D eigenvalue weighted by Crippen LogP contribution is -2.29. The fraction of sp³-hybridized carbons (Fsp3) is 0.348. The van der Waals surface area contributed by atoms with Crippen LogP contribution in [-0.2, 0) is 17.6 Å². The summed E-state index contributed by atoms with van der Waals surface area (Å²) in [7, 11) is 1.72. The molecule has 3 aromatic rings. The summed E-state index contributed by atoms with van der Waals surface area (Å²) in [6.45, 7) is 4.68. The van der Waals surface area contributed by atoms with Crippen LogP contribution in [0.3, 0.4) is 0 Å². The zero-order valence-corrected chi connectivity index (χ0v) is 18.9. The van der Waals surface area contributed by atoms with Crippen LogP contribution in [-0.4, -0.2) is 49.9 Å². The summed E-state index contributed by atoms with van der Waals surface area (Å²) >= 11 is 1.36. The third kappa shape index (κ3) is 5.12. The summed E-state index contributed by atoms with van der Waals surface area (Å²) in [5.74, 6) is 0.886. The van der Waals surface area contributed by atoms with Crippen molar-refractivity contribution in [1.82, 2.24) is 24.6 Å². The van der Waals surface area contributed by atoms with Crippen molar-refractivity contribution in [2.24, 2.45) is 0 Å². The molecule has 7 nitrogen and oxygen atoms in total. The predicted octanol–water partition coefficient (Wildman–Crippen LogP) is 3.92. The molecule has 0 radical (unpaired) electrons. The highest BCUT2D eigenvalue weighted by molar-refractivity contribution is 7.99. The van der Waals surface area contributed by atoms with Crippen LogP contribution in [0.15, 0.2) is 47.9 Å². The lowest BCUT2D eigenvalue weighted by atomic mass is 10.0. The third-order valence-corrected chi connectivity index (χ3v) is 5.96. The zero-order valence-electron chi connectivity index (χ0n) is 18.1. The van der Waals surface area contributed by atoms with Crippen LogP contribution < -0.4 is 0 Å². The number of carbonyl (C=O) groups excluding carboxylic acids is 1. The van der Waals surface area contributed by atoms with Gasteiger partial charge in [-0.1, -0.05) is 43.8 Å². The van der Waals surface area contributed by atoms with Crippen molar-refractivity contribution in [3.8, 4) is 23.1 Å². The number of aromatic nitrogens is 4. The van der Waals surface area contributed by atoms with Crippen LogP contribution in [0, 0.1) is 11.3 Å². The number of amides is 1. The monoisotopic (exact) mass is 434 g/mol. The Labute approximate surface area is 187 Å². The first kappa shape index (κ1) is 22.5. The molecule has 0 N–H and O–H groups in total. The molecular formula is C23H26N6OS. The van der Waals surface area contributed by atoms with Crippen molar-refractivity contribution < 1.29 is 4.79 Å². The van der Waals surface area contributed by atoms with E-state index >= 15 is 0 Å². The van der Waals surface area contributed by atoms with E-state index in [1.165, 1.54) is 22.9 Å². The van der Waals surface area contributed by atoms with Crippen LogP contribution in [0.5, 0.6) is 0 Å². The first-order valence-corrected chi connectivity index (χ1v) is 11.3. The molecule has 0 spiro atoms. The highest BCUT2D eigenvalue weighted by Crippen LogP contribution is 2.32. The summed E-state index contributed by atoms with van der Waals surface area (Å²) in [5, 5.41) is 18.3. The fourth-order valence-corrected chi connectivity index (χ4v) is 4.21. The van der Waals surface area contributed by atoms with Crippen molar-refractivity contribution in [2.45, 2.75) is 38.3 Å². The second-order valence-electron chi connectivity index (χ2n) is 7.03. The molecular weight excluding hydrogens is 408 g/mol. The lowest BCUT2D eigenvalue weighted by Gasteiger charge is -2.18. The number of thioether (sulfide) groups is 1. The summed E-state index contributed by atoms with van der Waals surface area (Å²) in [6.07, 6.45) is 5.56. The number of rotatable bonds is 9. The summed E-state index contributed by atoms with van der Waals surface area (Å²) in [6, 6.07) is 12.2. The van der Waals surface area contributed by atoms with Gasteiger partial charge in [-0.25, -0.2) is 0 Å². The Bertz CT molecular complexity index is 1050. The van der Waals surface area contributed by atoms with Crippen molar-refractivity contribution in [1.29, 1.82) is 5.26 Å². The average Bonchev–Trinajstić information content (AvgIpc) is 3.24. The molecule has 31 heavy (non-hydrogen) atoms. The van der Waals surface area contributed by atoms with Gasteiger partial charge in [0.15, 0.2) is 11.0 Å². The minimum Gasteiger partial charge on any atom is -0.344 e. The Balaban J connectivity index is 2.04. The van der Waals surface area contributed by atoms with E-state index in [0.29, 0.717) is 23.9 Å². The highest BCUT2D eigenvalue weighted by atomic mass is 32.2. The summed E-state index contributed by atoms with van der Waals surface area (Å²) < 4.78 is 2.06. The van der Waals surface area contributed by atoms with Crippen molar-refractivity contribution >= 4 is 17.7 Å². The van der Waals surface area contributed by atoms with E-state index in [9.17, 15) is 4.79 Å². The Morgan fingerprint density at radius 3 is 2.52 bits per heavy atom. The number of hydrogen-bond donors (Lipinski definition) is 0. The molecule has 0 saturated heterocycles. The maximum absolute atomic E-state index is 12.5. The van der Waals surface area contributed by atoms with Gasteiger partial charge >= 0.3 is 0 Å². The number of benzene rings is 1. The maximum Gasteiger partial charge on any atom is 0.232 e. The van der Waals surface area contributed by atoms with E-state index in [4.69, 9.17) is 5.26 Å². The molecule has 2 aromatic heterocycles. The maximum atomic E-state index is 12.5. The van der Waals surface area contributed by atoms with Gasteiger partial charge in [-0.3, -0.25) is 14.3 Å². The molecule has 0 bridgehead atoms. The topological polar surface area (TPSA) is 87.7 Å². The van der Waals surface area contributed by atoms with E-state index in [1.54, 1.807) is 24.3 Å². The Morgan fingerprint density at radius 2 is 1.90 bits per heavy atom. The van der Waals surface area contributed by atoms with Gasteiger partial charge in [0.25, 0.3) is 0 Å². The van der Waals surface area contributed by atoms with Gasteiger partial charge in [-0.15, -0.1) is 10.2 Å². The van der Waals surface area contributed by atoms with Crippen LogP contribution in [0.2, 0.25) is 0 Å². The third-order valence-electron chi connectivity index (χ3n) is 5.05. The second-order valence-corrected chi connectivity index (χ2v) is 7.97. The molecule has 0 aliphatic carbocycles. The molecule has 0 aliphatic heterocycles. The number of para-hydroxylation sites is 1. The van der Waals surface area contributed by atoms with Crippen molar-refractivity contribution in [3.63, 3.8) is 0 Å². The van der Waals surface area contributed by atoms with Crippen LogP contribution in [0.1, 0.15) is 31.4 Å². The minimum atomic E-state index is -0.0442. The quantitative estimate of drug-likeness (QED) is 0.474. The Hall–Kier alpha value is -3.18. The number of hydrogen-bond acceptors (Lipinski definition) is 6.